The maximum Gasteiger partial charge on any atom is 0.255 e. The van der Waals surface area contributed by atoms with Crippen LogP contribution in [0.15, 0.2) is 65.4 Å². The van der Waals surface area contributed by atoms with E-state index in [1.807, 2.05) is 30.3 Å². The SMILES string of the molecule is CN(C)[C@@H]1C(OCc2ccccc2)=C(C(N)=O)C(=O)[C@@]2(O)C(=O)C3=C(O)c4c(O)cccc4C[C@H]3C[C@@H]12. The van der Waals surface area contributed by atoms with Crippen molar-refractivity contribution in [2.24, 2.45) is 17.6 Å². The number of aliphatic hydroxyl groups is 2. The Balaban J connectivity index is 1.65. The van der Waals surface area contributed by atoms with E-state index in [0.29, 0.717) is 12.0 Å². The van der Waals surface area contributed by atoms with Crippen LogP contribution in [0.1, 0.15) is 23.1 Å². The Morgan fingerprint density at radius 2 is 1.78 bits per heavy atom. The average Bonchev–Trinajstić information content (AvgIpc) is 2.85. The summed E-state index contributed by atoms with van der Waals surface area (Å²) in [7, 11) is 3.40. The van der Waals surface area contributed by atoms with Crippen LogP contribution < -0.4 is 5.73 Å². The van der Waals surface area contributed by atoms with Gasteiger partial charge in [0.2, 0.25) is 11.6 Å². The molecule has 4 atom stereocenters. The van der Waals surface area contributed by atoms with Crippen LogP contribution in [0.5, 0.6) is 5.75 Å². The van der Waals surface area contributed by atoms with Gasteiger partial charge in [-0.25, -0.2) is 0 Å². The standard InChI is InChI=1S/C28H28N2O7/c1-30(2)22-17-12-16-11-15-9-6-10-18(31)19(15)23(32)20(16)25(33)28(17,36)26(34)21(27(29)35)24(22)37-13-14-7-4-3-5-8-14/h3-10,16-17,22,31-32,36H,11-13H2,1-2H3,(H2,29,35)/t16-,17-,22-,28-/m0/s1. The van der Waals surface area contributed by atoms with Crippen molar-refractivity contribution >= 4 is 23.2 Å². The molecule has 9 heteroatoms. The highest BCUT2D eigenvalue weighted by molar-refractivity contribution is 6.33. The number of Topliss-reactive ketones (excluding diaryl/α,β-unsaturated/α-hetero) is 2. The maximum atomic E-state index is 13.9. The maximum absolute atomic E-state index is 13.9. The molecule has 0 saturated heterocycles. The van der Waals surface area contributed by atoms with Gasteiger partial charge in [0.1, 0.15) is 29.4 Å². The first-order valence-corrected chi connectivity index (χ1v) is 12.0. The number of ether oxygens (including phenoxy) is 1. The molecule has 0 aliphatic heterocycles. The number of amides is 1. The summed E-state index contributed by atoms with van der Waals surface area (Å²) < 4.78 is 6.05. The second kappa shape index (κ2) is 8.86. The number of hydrogen-bond acceptors (Lipinski definition) is 8. The Morgan fingerprint density at radius 1 is 1.08 bits per heavy atom. The van der Waals surface area contributed by atoms with Gasteiger partial charge in [0.25, 0.3) is 5.91 Å². The average molecular weight is 505 g/mol. The second-order valence-corrected chi connectivity index (χ2v) is 10.0. The molecule has 192 valence electrons. The summed E-state index contributed by atoms with van der Waals surface area (Å²) in [6.07, 6.45) is 0.470. The Morgan fingerprint density at radius 3 is 2.43 bits per heavy atom. The van der Waals surface area contributed by atoms with Gasteiger partial charge in [-0.3, -0.25) is 19.3 Å². The van der Waals surface area contributed by atoms with Gasteiger partial charge in [-0.1, -0.05) is 42.5 Å². The zero-order valence-corrected chi connectivity index (χ0v) is 20.5. The summed E-state index contributed by atoms with van der Waals surface area (Å²) in [6.45, 7) is 0.0473. The normalized spacial score (nSPS) is 27.1. The molecule has 2 aromatic rings. The Labute approximate surface area is 213 Å². The van der Waals surface area contributed by atoms with E-state index in [2.05, 4.69) is 0 Å². The number of carbonyl (C=O) groups is 3. The number of aromatic hydroxyl groups is 1. The summed E-state index contributed by atoms with van der Waals surface area (Å²) >= 11 is 0. The van der Waals surface area contributed by atoms with Gasteiger partial charge in [-0.05, 0) is 50.0 Å². The highest BCUT2D eigenvalue weighted by Crippen LogP contribution is 2.52. The lowest BCUT2D eigenvalue weighted by Crippen LogP contribution is -2.67. The first-order chi connectivity index (χ1) is 17.6. The minimum atomic E-state index is -2.64. The van der Waals surface area contributed by atoms with E-state index in [1.54, 1.807) is 31.1 Å². The number of phenols is 1. The molecule has 0 unspecified atom stereocenters. The van der Waals surface area contributed by atoms with Crippen LogP contribution >= 0.6 is 0 Å². The number of benzene rings is 2. The number of nitrogens with zero attached hydrogens (tertiary/aromatic N) is 1. The molecule has 0 heterocycles. The first-order valence-electron chi connectivity index (χ1n) is 12.0. The molecule has 1 fully saturated rings. The topological polar surface area (TPSA) is 150 Å². The number of nitrogens with two attached hydrogens (primary N) is 1. The minimum absolute atomic E-state index is 0.0133. The molecule has 0 radical (unpaired) electrons. The van der Waals surface area contributed by atoms with Crippen molar-refractivity contribution in [2.75, 3.05) is 14.1 Å². The lowest BCUT2D eigenvalue weighted by Gasteiger charge is -2.50. The van der Waals surface area contributed by atoms with E-state index >= 15 is 0 Å². The fourth-order valence-corrected chi connectivity index (χ4v) is 6.05. The van der Waals surface area contributed by atoms with Crippen molar-refractivity contribution in [1.29, 1.82) is 0 Å². The molecule has 1 amide bonds. The molecule has 5 N–H and O–H groups in total. The fraction of sp³-hybridized carbons (Fsp3) is 0.321. The molecule has 0 aromatic heterocycles. The van der Waals surface area contributed by atoms with Gasteiger partial charge in [-0.15, -0.1) is 0 Å². The fourth-order valence-electron chi connectivity index (χ4n) is 6.05. The lowest BCUT2D eigenvalue weighted by molar-refractivity contribution is -0.162. The van der Waals surface area contributed by atoms with Crippen molar-refractivity contribution < 1.29 is 34.4 Å². The molecular weight excluding hydrogens is 476 g/mol. The number of aliphatic hydroxyl groups excluding tert-OH is 1. The number of fused-ring (bicyclic) bond motifs is 3. The van der Waals surface area contributed by atoms with E-state index in [1.165, 1.54) is 6.07 Å². The minimum Gasteiger partial charge on any atom is -0.507 e. The van der Waals surface area contributed by atoms with E-state index in [-0.39, 0.29) is 35.7 Å². The predicted octanol–water partition coefficient (Wildman–Crippen LogP) is 1.62. The number of hydrogen-bond donors (Lipinski definition) is 4. The number of ketones is 2. The van der Waals surface area contributed by atoms with E-state index in [9.17, 15) is 29.7 Å². The van der Waals surface area contributed by atoms with Crippen molar-refractivity contribution in [1.82, 2.24) is 4.90 Å². The van der Waals surface area contributed by atoms with Crippen LogP contribution in [0.25, 0.3) is 5.76 Å². The molecule has 0 spiro atoms. The number of carbonyl (C=O) groups excluding carboxylic acids is 3. The van der Waals surface area contributed by atoms with Crippen LogP contribution in [0.3, 0.4) is 0 Å². The van der Waals surface area contributed by atoms with Gasteiger partial charge in [0, 0.05) is 11.5 Å². The van der Waals surface area contributed by atoms with E-state index < -0.39 is 52.3 Å². The zero-order valence-electron chi connectivity index (χ0n) is 20.5. The summed E-state index contributed by atoms with van der Waals surface area (Å²) in [5.74, 6) is -5.41. The van der Waals surface area contributed by atoms with Crippen LogP contribution in [-0.4, -0.2) is 63.4 Å². The van der Waals surface area contributed by atoms with E-state index in [4.69, 9.17) is 10.5 Å². The molecule has 1 saturated carbocycles. The summed E-state index contributed by atoms with van der Waals surface area (Å²) in [5.41, 5.74) is 3.83. The summed E-state index contributed by atoms with van der Waals surface area (Å²) in [6, 6.07) is 13.1. The zero-order chi connectivity index (χ0) is 26.6. The Bertz CT molecular complexity index is 1380. The molecule has 3 aliphatic rings. The van der Waals surface area contributed by atoms with Crippen LogP contribution in [-0.2, 0) is 32.1 Å². The molecule has 37 heavy (non-hydrogen) atoms. The lowest BCUT2D eigenvalue weighted by atomic mass is 9.57. The molecule has 3 aliphatic carbocycles. The van der Waals surface area contributed by atoms with Gasteiger partial charge in [-0.2, -0.15) is 0 Å². The van der Waals surface area contributed by atoms with E-state index in [0.717, 1.165) is 5.56 Å². The molecule has 0 bridgehead atoms. The predicted molar refractivity (Wildman–Crippen MR) is 133 cm³/mol. The molecule has 2 aromatic carbocycles. The number of likely N-dealkylation sites (N-methyl/N-ethyl adjacent to an activating group) is 1. The van der Waals surface area contributed by atoms with Crippen LogP contribution in [0.2, 0.25) is 0 Å². The third-order valence-corrected chi connectivity index (χ3v) is 7.67. The van der Waals surface area contributed by atoms with Crippen LogP contribution in [0, 0.1) is 11.8 Å². The second-order valence-electron chi connectivity index (χ2n) is 10.0. The van der Waals surface area contributed by atoms with Gasteiger partial charge in [0.05, 0.1) is 11.6 Å². The van der Waals surface area contributed by atoms with Crippen molar-refractivity contribution in [3.63, 3.8) is 0 Å². The highest BCUT2D eigenvalue weighted by Gasteiger charge is 2.65. The smallest absolute Gasteiger partial charge is 0.255 e. The van der Waals surface area contributed by atoms with Gasteiger partial charge >= 0.3 is 0 Å². The monoisotopic (exact) mass is 504 g/mol. The quantitative estimate of drug-likeness (QED) is 0.354. The molecule has 5 rings (SSSR count). The molecular formula is C28H28N2O7. The van der Waals surface area contributed by atoms with Gasteiger partial charge in [0.15, 0.2) is 5.60 Å². The first kappa shape index (κ1) is 24.7. The number of phenolic OH excluding ortho intramolecular Hbond substituents is 1. The third kappa shape index (κ3) is 3.65. The number of primary amides is 1. The number of rotatable bonds is 5. The third-order valence-electron chi connectivity index (χ3n) is 7.67. The van der Waals surface area contributed by atoms with Crippen LogP contribution in [0.4, 0.5) is 0 Å². The summed E-state index contributed by atoms with van der Waals surface area (Å²) in [5, 5.41) is 33.2. The highest BCUT2D eigenvalue weighted by atomic mass is 16.5. The van der Waals surface area contributed by atoms with Gasteiger partial charge < -0.3 is 25.8 Å². The van der Waals surface area contributed by atoms with Crippen molar-refractivity contribution in [3.05, 3.63) is 82.1 Å². The van der Waals surface area contributed by atoms with Crippen molar-refractivity contribution in [2.45, 2.75) is 31.1 Å². The summed E-state index contributed by atoms with van der Waals surface area (Å²) in [4.78, 5) is 41.9. The largest absolute Gasteiger partial charge is 0.507 e. The molecule has 9 nitrogen and oxygen atoms in total. The Hall–Kier alpha value is -3.95. The Kier molecular flexibility index (Phi) is 5.92. The van der Waals surface area contributed by atoms with Crippen molar-refractivity contribution in [3.8, 4) is 5.75 Å².